The third kappa shape index (κ3) is 2.19. The molecule has 0 aliphatic heterocycles. The molecule has 1 rings (SSSR count). The minimum Gasteiger partial charge on any atom is -0.298 e. The molecule has 1 aliphatic carbocycles. The Morgan fingerprint density at radius 2 is 2.18 bits per heavy atom. The highest BCUT2D eigenvalue weighted by Gasteiger charge is 2.28. The summed E-state index contributed by atoms with van der Waals surface area (Å²) in [7, 11) is 0. The molecule has 1 nitrogen and oxygen atoms in total. The summed E-state index contributed by atoms with van der Waals surface area (Å²) in [6, 6.07) is 0. The van der Waals surface area contributed by atoms with Gasteiger partial charge < -0.3 is 0 Å². The van der Waals surface area contributed by atoms with Gasteiger partial charge in [-0.3, -0.25) is 4.79 Å². The Balaban J connectivity index is 2.46. The van der Waals surface area contributed by atoms with Crippen molar-refractivity contribution in [2.45, 2.75) is 38.5 Å². The Morgan fingerprint density at radius 3 is 2.64 bits per heavy atom. The molecule has 0 heterocycles. The largest absolute Gasteiger partial charge is 0.298 e. The second kappa shape index (κ2) is 3.57. The lowest BCUT2D eigenvalue weighted by molar-refractivity contribution is -0.120. The molecule has 11 heavy (non-hydrogen) atoms. The summed E-state index contributed by atoms with van der Waals surface area (Å²) >= 11 is 5.86. The molecule has 1 fully saturated rings. The van der Waals surface area contributed by atoms with E-state index in [-0.39, 0.29) is 11.2 Å². The van der Waals surface area contributed by atoms with E-state index in [0.29, 0.717) is 18.3 Å². The molecule has 2 atom stereocenters. The van der Waals surface area contributed by atoms with E-state index in [2.05, 4.69) is 13.8 Å². The van der Waals surface area contributed by atoms with Crippen molar-refractivity contribution in [2.24, 2.45) is 11.8 Å². The van der Waals surface area contributed by atoms with E-state index in [0.717, 1.165) is 12.8 Å². The van der Waals surface area contributed by atoms with Crippen molar-refractivity contribution in [3.05, 3.63) is 0 Å². The summed E-state index contributed by atoms with van der Waals surface area (Å²) in [4.78, 5) is 11.0. The van der Waals surface area contributed by atoms with Gasteiger partial charge in [-0.05, 0) is 24.7 Å². The second-order valence-electron chi connectivity index (χ2n) is 3.71. The first-order chi connectivity index (χ1) is 5.11. The molecule has 1 aliphatic rings. The molecule has 0 N–H and O–H groups in total. The van der Waals surface area contributed by atoms with Gasteiger partial charge in [-0.1, -0.05) is 13.8 Å². The Hall–Kier alpha value is -0.0400. The quantitative estimate of drug-likeness (QED) is 0.559. The van der Waals surface area contributed by atoms with Gasteiger partial charge in [-0.15, -0.1) is 11.6 Å². The molecule has 0 aromatic carbocycles. The number of Topliss-reactive ketones (excluding diaryl/α,β-unsaturated/α-hetero) is 1. The summed E-state index contributed by atoms with van der Waals surface area (Å²) in [5, 5.41) is -0.198. The van der Waals surface area contributed by atoms with Gasteiger partial charge >= 0.3 is 0 Å². The smallest absolute Gasteiger partial charge is 0.150 e. The Bertz CT molecular complexity index is 154. The molecule has 0 amide bonds. The fourth-order valence-electron chi connectivity index (χ4n) is 1.60. The van der Waals surface area contributed by atoms with Crippen LogP contribution < -0.4 is 0 Å². The summed E-state index contributed by atoms with van der Waals surface area (Å²) in [6.07, 6.45) is 2.62. The van der Waals surface area contributed by atoms with Crippen LogP contribution in [-0.2, 0) is 4.79 Å². The predicted molar refractivity (Wildman–Crippen MR) is 46.8 cm³/mol. The average Bonchev–Trinajstić information content (AvgIpc) is 1.94. The molecule has 2 unspecified atom stereocenters. The maximum Gasteiger partial charge on any atom is 0.150 e. The molecule has 0 saturated heterocycles. The molecule has 2 heteroatoms. The summed E-state index contributed by atoms with van der Waals surface area (Å²) in [5.41, 5.74) is 0. The van der Waals surface area contributed by atoms with Crippen LogP contribution in [0.5, 0.6) is 0 Å². The minimum atomic E-state index is -0.198. The predicted octanol–water partition coefficient (Wildman–Crippen LogP) is 2.62. The number of hydrogen-bond donors (Lipinski definition) is 0. The standard InChI is InChI=1S/C9H15ClO/c1-6(2)7-3-4-9(11)8(10)5-7/h6-8H,3-5H2,1-2H3. The number of rotatable bonds is 1. The molecule has 0 aromatic heterocycles. The van der Waals surface area contributed by atoms with Gasteiger partial charge in [0, 0.05) is 6.42 Å². The number of carbonyl (C=O) groups is 1. The maximum absolute atomic E-state index is 11.0. The molecule has 0 bridgehead atoms. The third-order valence-corrected chi connectivity index (χ3v) is 2.98. The van der Waals surface area contributed by atoms with Crippen LogP contribution in [0.2, 0.25) is 0 Å². The molecule has 64 valence electrons. The highest BCUT2D eigenvalue weighted by atomic mass is 35.5. The zero-order valence-electron chi connectivity index (χ0n) is 7.14. The molecular formula is C9H15ClO. The van der Waals surface area contributed by atoms with Gasteiger partial charge in [0.2, 0.25) is 0 Å². The van der Waals surface area contributed by atoms with Crippen molar-refractivity contribution in [3.63, 3.8) is 0 Å². The van der Waals surface area contributed by atoms with E-state index < -0.39 is 0 Å². The van der Waals surface area contributed by atoms with Crippen LogP contribution in [0.4, 0.5) is 0 Å². The lowest BCUT2D eigenvalue weighted by atomic mass is 9.81. The highest BCUT2D eigenvalue weighted by Crippen LogP contribution is 2.30. The van der Waals surface area contributed by atoms with E-state index >= 15 is 0 Å². The van der Waals surface area contributed by atoms with Gasteiger partial charge in [0.15, 0.2) is 5.78 Å². The van der Waals surface area contributed by atoms with Gasteiger partial charge in [-0.2, -0.15) is 0 Å². The van der Waals surface area contributed by atoms with Crippen LogP contribution >= 0.6 is 11.6 Å². The van der Waals surface area contributed by atoms with Crippen LogP contribution in [0.1, 0.15) is 33.1 Å². The number of hydrogen-bond acceptors (Lipinski definition) is 1. The zero-order chi connectivity index (χ0) is 8.43. The Morgan fingerprint density at radius 1 is 1.55 bits per heavy atom. The van der Waals surface area contributed by atoms with Gasteiger partial charge in [0.1, 0.15) is 0 Å². The van der Waals surface area contributed by atoms with E-state index in [9.17, 15) is 4.79 Å². The van der Waals surface area contributed by atoms with Gasteiger partial charge in [0.25, 0.3) is 0 Å². The van der Waals surface area contributed by atoms with Gasteiger partial charge in [-0.25, -0.2) is 0 Å². The summed E-state index contributed by atoms with van der Waals surface area (Å²) < 4.78 is 0. The van der Waals surface area contributed by atoms with Crippen LogP contribution in [0, 0.1) is 11.8 Å². The first-order valence-corrected chi connectivity index (χ1v) is 4.71. The highest BCUT2D eigenvalue weighted by molar-refractivity contribution is 6.31. The Labute approximate surface area is 73.1 Å². The minimum absolute atomic E-state index is 0.198. The van der Waals surface area contributed by atoms with Crippen molar-refractivity contribution in [2.75, 3.05) is 0 Å². The third-order valence-electron chi connectivity index (χ3n) is 2.56. The number of ketones is 1. The fraction of sp³-hybridized carbons (Fsp3) is 0.889. The average molecular weight is 175 g/mol. The van der Waals surface area contributed by atoms with Crippen molar-refractivity contribution in [3.8, 4) is 0 Å². The normalized spacial score (nSPS) is 32.9. The molecular weight excluding hydrogens is 160 g/mol. The number of carbonyl (C=O) groups excluding carboxylic acids is 1. The van der Waals surface area contributed by atoms with Crippen LogP contribution in [-0.4, -0.2) is 11.2 Å². The van der Waals surface area contributed by atoms with Crippen LogP contribution in [0.3, 0.4) is 0 Å². The number of halogens is 1. The molecule has 0 radical (unpaired) electrons. The fourth-order valence-corrected chi connectivity index (χ4v) is 1.94. The maximum atomic E-state index is 11.0. The van der Waals surface area contributed by atoms with E-state index in [1.807, 2.05) is 0 Å². The second-order valence-corrected chi connectivity index (χ2v) is 4.24. The van der Waals surface area contributed by atoms with Crippen molar-refractivity contribution in [1.29, 1.82) is 0 Å². The lowest BCUT2D eigenvalue weighted by Crippen LogP contribution is -2.27. The zero-order valence-corrected chi connectivity index (χ0v) is 7.90. The molecule has 1 saturated carbocycles. The number of alkyl halides is 1. The molecule has 0 aromatic rings. The van der Waals surface area contributed by atoms with Crippen molar-refractivity contribution < 1.29 is 4.79 Å². The summed E-state index contributed by atoms with van der Waals surface area (Å²) in [6.45, 7) is 4.40. The van der Waals surface area contributed by atoms with Crippen LogP contribution in [0.15, 0.2) is 0 Å². The SMILES string of the molecule is CC(C)C1CCC(=O)C(Cl)C1. The van der Waals surface area contributed by atoms with Crippen LogP contribution in [0.25, 0.3) is 0 Å². The van der Waals surface area contributed by atoms with Crippen molar-refractivity contribution in [1.82, 2.24) is 0 Å². The van der Waals surface area contributed by atoms with Gasteiger partial charge in [0.05, 0.1) is 5.38 Å². The van der Waals surface area contributed by atoms with E-state index in [1.165, 1.54) is 0 Å². The molecule has 0 spiro atoms. The first kappa shape index (κ1) is 9.05. The van der Waals surface area contributed by atoms with Crippen molar-refractivity contribution >= 4 is 17.4 Å². The monoisotopic (exact) mass is 174 g/mol. The topological polar surface area (TPSA) is 17.1 Å². The lowest BCUT2D eigenvalue weighted by Gasteiger charge is -2.27. The first-order valence-electron chi connectivity index (χ1n) is 4.28. The Kier molecular flexibility index (Phi) is 2.94. The summed E-state index contributed by atoms with van der Waals surface area (Å²) in [5.74, 6) is 1.57. The van der Waals surface area contributed by atoms with E-state index in [1.54, 1.807) is 0 Å². The van der Waals surface area contributed by atoms with E-state index in [4.69, 9.17) is 11.6 Å².